The molecule has 25 heavy (non-hydrogen) atoms. The van der Waals surface area contributed by atoms with E-state index in [1.807, 2.05) is 6.92 Å². The molecule has 0 radical (unpaired) electrons. The van der Waals surface area contributed by atoms with Gasteiger partial charge in [-0.05, 0) is 25.5 Å². The molecule has 3 aromatic rings. The summed E-state index contributed by atoms with van der Waals surface area (Å²) >= 11 is 0. The molecule has 1 aromatic carbocycles. The number of aromatic nitrogens is 5. The van der Waals surface area contributed by atoms with Gasteiger partial charge < -0.3 is 4.74 Å². The van der Waals surface area contributed by atoms with Gasteiger partial charge in [0.1, 0.15) is 30.1 Å². The fourth-order valence-corrected chi connectivity index (χ4v) is 2.71. The average molecular weight is 343 g/mol. The highest BCUT2D eigenvalue weighted by atomic mass is 19.1. The lowest BCUT2D eigenvalue weighted by molar-refractivity contribution is 0.0330. The third kappa shape index (κ3) is 3.28. The summed E-state index contributed by atoms with van der Waals surface area (Å²) in [4.78, 5) is 16.4. The minimum absolute atomic E-state index is 0.239. The van der Waals surface area contributed by atoms with E-state index in [4.69, 9.17) is 4.74 Å². The van der Waals surface area contributed by atoms with Crippen molar-refractivity contribution in [2.45, 2.75) is 26.4 Å². The fourth-order valence-electron chi connectivity index (χ4n) is 2.71. The summed E-state index contributed by atoms with van der Waals surface area (Å²) < 4.78 is 22.9. The molecular weight excluding hydrogens is 325 g/mol. The molecule has 0 fully saturated rings. The lowest BCUT2D eigenvalue weighted by Crippen LogP contribution is -2.14. The van der Waals surface area contributed by atoms with Gasteiger partial charge in [-0.25, -0.2) is 18.9 Å². The number of hydrogen-bond acceptors (Lipinski definition) is 5. The van der Waals surface area contributed by atoms with Gasteiger partial charge in [0.2, 0.25) is 0 Å². The van der Waals surface area contributed by atoms with Gasteiger partial charge in [-0.2, -0.15) is 10.2 Å². The van der Waals surface area contributed by atoms with E-state index in [0.717, 1.165) is 0 Å². The second-order valence-corrected chi connectivity index (χ2v) is 5.58. The second kappa shape index (κ2) is 6.84. The molecule has 0 amide bonds. The van der Waals surface area contributed by atoms with E-state index < -0.39 is 17.9 Å². The Morgan fingerprint density at radius 2 is 2.20 bits per heavy atom. The van der Waals surface area contributed by atoms with Crippen molar-refractivity contribution in [1.29, 1.82) is 0 Å². The van der Waals surface area contributed by atoms with Crippen LogP contribution in [0.3, 0.4) is 0 Å². The SMILES string of the molecule is CCc1nn(C)cc1C(=O)OC(C)c1c(F)cccc1-n1cncn1. The molecule has 0 bridgehead atoms. The van der Waals surface area contributed by atoms with Crippen molar-refractivity contribution < 1.29 is 13.9 Å². The highest BCUT2D eigenvalue weighted by Gasteiger charge is 2.23. The summed E-state index contributed by atoms with van der Waals surface area (Å²) in [7, 11) is 1.74. The van der Waals surface area contributed by atoms with Gasteiger partial charge in [-0.3, -0.25) is 4.68 Å². The van der Waals surface area contributed by atoms with Crippen LogP contribution in [0, 0.1) is 5.82 Å². The molecule has 8 heteroatoms. The number of hydrogen-bond donors (Lipinski definition) is 0. The van der Waals surface area contributed by atoms with Gasteiger partial charge >= 0.3 is 5.97 Å². The van der Waals surface area contributed by atoms with Crippen LogP contribution in [0.25, 0.3) is 5.69 Å². The van der Waals surface area contributed by atoms with Crippen LogP contribution in [0.2, 0.25) is 0 Å². The topological polar surface area (TPSA) is 74.8 Å². The van der Waals surface area contributed by atoms with Crippen LogP contribution in [0.4, 0.5) is 4.39 Å². The minimum Gasteiger partial charge on any atom is -0.454 e. The zero-order chi connectivity index (χ0) is 18.0. The van der Waals surface area contributed by atoms with E-state index in [9.17, 15) is 9.18 Å². The quantitative estimate of drug-likeness (QED) is 0.666. The van der Waals surface area contributed by atoms with Gasteiger partial charge in [-0.1, -0.05) is 13.0 Å². The van der Waals surface area contributed by atoms with Gasteiger partial charge in [0.05, 0.1) is 16.9 Å². The first-order chi connectivity index (χ1) is 12.0. The van der Waals surface area contributed by atoms with Crippen LogP contribution in [0.1, 0.15) is 41.6 Å². The van der Waals surface area contributed by atoms with E-state index in [1.54, 1.807) is 37.0 Å². The maximum absolute atomic E-state index is 14.4. The molecule has 0 spiro atoms. The minimum atomic E-state index is -0.808. The molecule has 0 N–H and O–H groups in total. The van der Waals surface area contributed by atoms with Crippen molar-refractivity contribution in [1.82, 2.24) is 24.5 Å². The first-order valence-corrected chi connectivity index (χ1v) is 7.88. The zero-order valence-corrected chi connectivity index (χ0v) is 14.2. The highest BCUT2D eigenvalue weighted by Crippen LogP contribution is 2.28. The second-order valence-electron chi connectivity index (χ2n) is 5.58. The first kappa shape index (κ1) is 16.8. The average Bonchev–Trinajstić information content (AvgIpc) is 3.23. The van der Waals surface area contributed by atoms with E-state index in [2.05, 4.69) is 15.2 Å². The van der Waals surface area contributed by atoms with Gasteiger partial charge in [0.15, 0.2) is 0 Å². The molecule has 7 nitrogen and oxygen atoms in total. The Hall–Kier alpha value is -3.03. The van der Waals surface area contributed by atoms with Gasteiger partial charge in [-0.15, -0.1) is 0 Å². The first-order valence-electron chi connectivity index (χ1n) is 7.88. The number of nitrogens with zero attached hydrogens (tertiary/aromatic N) is 5. The van der Waals surface area contributed by atoms with Crippen LogP contribution in [0.15, 0.2) is 37.1 Å². The van der Waals surface area contributed by atoms with Gasteiger partial charge in [0, 0.05) is 13.2 Å². The van der Waals surface area contributed by atoms with Crippen LogP contribution in [0.5, 0.6) is 0 Å². The Kier molecular flexibility index (Phi) is 4.60. The fraction of sp³-hybridized carbons (Fsp3) is 0.294. The molecule has 0 aliphatic carbocycles. The normalized spacial score (nSPS) is 12.2. The van der Waals surface area contributed by atoms with Crippen molar-refractivity contribution in [3.05, 3.63) is 59.7 Å². The summed E-state index contributed by atoms with van der Waals surface area (Å²) in [5, 5.41) is 8.25. The number of rotatable bonds is 5. The monoisotopic (exact) mass is 343 g/mol. The number of halogens is 1. The molecule has 0 aliphatic heterocycles. The lowest BCUT2D eigenvalue weighted by atomic mass is 10.1. The number of aryl methyl sites for hydroxylation is 2. The number of esters is 1. The molecule has 3 rings (SSSR count). The van der Waals surface area contributed by atoms with Crippen LogP contribution >= 0.6 is 0 Å². The summed E-state index contributed by atoms with van der Waals surface area (Å²) in [5.41, 5.74) is 1.74. The Balaban J connectivity index is 1.91. The van der Waals surface area contributed by atoms with E-state index in [1.165, 1.54) is 23.4 Å². The number of benzene rings is 1. The number of carbonyl (C=O) groups excluding carboxylic acids is 1. The smallest absolute Gasteiger partial charge is 0.342 e. The van der Waals surface area contributed by atoms with Crippen molar-refractivity contribution in [3.63, 3.8) is 0 Å². The molecule has 130 valence electrons. The summed E-state index contributed by atoms with van der Waals surface area (Å²) in [6.07, 6.45) is 4.22. The molecule has 1 atom stereocenters. The standard InChI is InChI=1S/C17H18FN5O2/c1-4-14-12(8-22(3)21-14)17(24)25-11(2)16-13(18)6-5-7-15(16)23-10-19-9-20-23/h5-11H,4H2,1-3H3. The molecular formula is C17H18FN5O2. The number of ether oxygens (including phenoxy) is 1. The molecule has 0 saturated heterocycles. The van der Waals surface area contributed by atoms with Crippen molar-refractivity contribution in [2.24, 2.45) is 7.05 Å². The Morgan fingerprint density at radius 1 is 1.40 bits per heavy atom. The molecule has 2 aromatic heterocycles. The predicted molar refractivity (Wildman–Crippen MR) is 87.7 cm³/mol. The molecule has 0 aliphatic rings. The summed E-state index contributed by atoms with van der Waals surface area (Å²) in [6.45, 7) is 3.53. The van der Waals surface area contributed by atoms with Gasteiger partial charge in [0.25, 0.3) is 0 Å². The maximum atomic E-state index is 14.4. The molecule has 1 unspecified atom stereocenters. The summed E-state index contributed by atoms with van der Waals surface area (Å²) in [5.74, 6) is -1.01. The number of carbonyl (C=O) groups is 1. The zero-order valence-electron chi connectivity index (χ0n) is 14.2. The van der Waals surface area contributed by atoms with Crippen molar-refractivity contribution in [2.75, 3.05) is 0 Å². The van der Waals surface area contributed by atoms with Crippen molar-refractivity contribution >= 4 is 5.97 Å². The van der Waals surface area contributed by atoms with Crippen molar-refractivity contribution in [3.8, 4) is 5.69 Å². The Morgan fingerprint density at radius 3 is 2.88 bits per heavy atom. The Labute approximate surface area is 144 Å². The van der Waals surface area contributed by atoms with E-state index in [-0.39, 0.29) is 5.56 Å². The van der Waals surface area contributed by atoms with Crippen LogP contribution in [-0.2, 0) is 18.2 Å². The third-order valence-electron chi connectivity index (χ3n) is 3.85. The van der Waals surface area contributed by atoms with E-state index in [0.29, 0.717) is 23.4 Å². The molecule has 0 saturated carbocycles. The van der Waals surface area contributed by atoms with Crippen LogP contribution in [-0.4, -0.2) is 30.5 Å². The maximum Gasteiger partial charge on any atom is 0.342 e. The lowest BCUT2D eigenvalue weighted by Gasteiger charge is -2.17. The van der Waals surface area contributed by atoms with E-state index >= 15 is 0 Å². The largest absolute Gasteiger partial charge is 0.454 e. The summed E-state index contributed by atoms with van der Waals surface area (Å²) in [6, 6.07) is 4.58. The highest BCUT2D eigenvalue weighted by molar-refractivity contribution is 5.90. The predicted octanol–water partition coefficient (Wildman–Crippen LogP) is 2.62. The van der Waals surface area contributed by atoms with Crippen LogP contribution < -0.4 is 0 Å². The molecule has 2 heterocycles. The Bertz CT molecular complexity index is 889. The third-order valence-corrected chi connectivity index (χ3v) is 3.85.